The van der Waals surface area contributed by atoms with Gasteiger partial charge in [-0.2, -0.15) is 4.98 Å². The molecule has 0 radical (unpaired) electrons. The monoisotopic (exact) mass is 290 g/mol. The third-order valence-corrected chi connectivity index (χ3v) is 2.88. The summed E-state index contributed by atoms with van der Waals surface area (Å²) in [6.07, 6.45) is 1.30. The van der Waals surface area contributed by atoms with E-state index < -0.39 is 5.97 Å². The molecule has 0 aliphatic heterocycles. The van der Waals surface area contributed by atoms with Gasteiger partial charge in [0.25, 0.3) is 6.01 Å². The van der Waals surface area contributed by atoms with Gasteiger partial charge in [-0.05, 0) is 24.6 Å². The SMILES string of the molecule is CCOC(=O)c1coc(N(C)Cc2ccc(OC)cc2)n1. The number of hydrogen-bond donors (Lipinski definition) is 0. The number of nitrogens with zero attached hydrogens (tertiary/aromatic N) is 2. The largest absolute Gasteiger partial charge is 0.497 e. The van der Waals surface area contributed by atoms with Crippen LogP contribution in [-0.4, -0.2) is 31.7 Å². The first-order valence-electron chi connectivity index (χ1n) is 6.60. The van der Waals surface area contributed by atoms with Gasteiger partial charge in [-0.25, -0.2) is 4.79 Å². The molecule has 6 nitrogen and oxygen atoms in total. The summed E-state index contributed by atoms with van der Waals surface area (Å²) in [5.74, 6) is 0.326. The smallest absolute Gasteiger partial charge is 0.360 e. The highest BCUT2D eigenvalue weighted by Gasteiger charge is 2.15. The van der Waals surface area contributed by atoms with Crippen LogP contribution in [0.5, 0.6) is 5.75 Å². The van der Waals surface area contributed by atoms with E-state index in [9.17, 15) is 4.79 Å². The minimum absolute atomic E-state index is 0.174. The second-order valence-corrected chi connectivity index (χ2v) is 4.44. The van der Waals surface area contributed by atoms with E-state index >= 15 is 0 Å². The van der Waals surface area contributed by atoms with Crippen molar-refractivity contribution < 1.29 is 18.7 Å². The summed E-state index contributed by atoms with van der Waals surface area (Å²) >= 11 is 0. The fourth-order valence-electron chi connectivity index (χ4n) is 1.81. The molecule has 0 aliphatic rings. The number of oxazole rings is 1. The molecule has 0 aliphatic carbocycles. The van der Waals surface area contributed by atoms with Crippen LogP contribution in [-0.2, 0) is 11.3 Å². The molecule has 6 heteroatoms. The first-order valence-corrected chi connectivity index (χ1v) is 6.60. The molecule has 0 N–H and O–H groups in total. The Morgan fingerprint density at radius 2 is 2.05 bits per heavy atom. The summed E-state index contributed by atoms with van der Waals surface area (Å²) in [6.45, 7) is 2.66. The Bertz CT molecular complexity index is 592. The summed E-state index contributed by atoms with van der Waals surface area (Å²) in [7, 11) is 3.47. The lowest BCUT2D eigenvalue weighted by molar-refractivity contribution is 0.0519. The first-order chi connectivity index (χ1) is 10.1. The van der Waals surface area contributed by atoms with Crippen molar-refractivity contribution in [2.45, 2.75) is 13.5 Å². The van der Waals surface area contributed by atoms with Gasteiger partial charge in [0.15, 0.2) is 5.69 Å². The molecule has 0 amide bonds. The number of ether oxygens (including phenoxy) is 2. The van der Waals surface area contributed by atoms with Crippen molar-refractivity contribution >= 4 is 12.0 Å². The molecule has 1 heterocycles. The number of hydrogen-bond acceptors (Lipinski definition) is 6. The average Bonchev–Trinajstić information content (AvgIpc) is 2.98. The third kappa shape index (κ3) is 3.75. The molecule has 0 spiro atoms. The Kier molecular flexibility index (Phi) is 4.81. The summed E-state index contributed by atoms with van der Waals surface area (Å²) in [5.41, 5.74) is 1.25. The lowest BCUT2D eigenvalue weighted by Crippen LogP contribution is -2.17. The Morgan fingerprint density at radius 1 is 1.33 bits per heavy atom. The third-order valence-electron chi connectivity index (χ3n) is 2.88. The number of carbonyl (C=O) groups excluding carboxylic acids is 1. The Morgan fingerprint density at radius 3 is 2.67 bits per heavy atom. The standard InChI is InChI=1S/C15H18N2O4/c1-4-20-14(18)13-10-21-15(16-13)17(2)9-11-5-7-12(19-3)8-6-11/h5-8,10H,4,9H2,1-3H3. The van der Waals surface area contributed by atoms with Gasteiger partial charge in [-0.15, -0.1) is 0 Å². The molecule has 2 rings (SSSR count). The van der Waals surface area contributed by atoms with Gasteiger partial charge < -0.3 is 18.8 Å². The van der Waals surface area contributed by atoms with Gasteiger partial charge in [0.2, 0.25) is 0 Å². The zero-order chi connectivity index (χ0) is 15.2. The maximum absolute atomic E-state index is 11.5. The molecule has 1 aromatic heterocycles. The highest BCUT2D eigenvalue weighted by molar-refractivity contribution is 5.87. The minimum atomic E-state index is -0.481. The van der Waals surface area contributed by atoms with Crippen molar-refractivity contribution in [3.8, 4) is 5.75 Å². The van der Waals surface area contributed by atoms with Crippen LogP contribution in [0.2, 0.25) is 0 Å². The van der Waals surface area contributed by atoms with Crippen molar-refractivity contribution in [2.24, 2.45) is 0 Å². The van der Waals surface area contributed by atoms with Gasteiger partial charge in [-0.1, -0.05) is 12.1 Å². The molecule has 0 saturated heterocycles. The van der Waals surface area contributed by atoms with Crippen LogP contribution in [0.4, 0.5) is 6.01 Å². The number of methoxy groups -OCH3 is 1. The summed E-state index contributed by atoms with van der Waals surface area (Å²) in [6, 6.07) is 8.08. The van der Waals surface area contributed by atoms with E-state index in [1.807, 2.05) is 36.2 Å². The van der Waals surface area contributed by atoms with Crippen molar-refractivity contribution in [3.05, 3.63) is 41.8 Å². The molecule has 1 aromatic carbocycles. The number of rotatable bonds is 6. The number of anilines is 1. The molecule has 0 fully saturated rings. The van der Waals surface area contributed by atoms with E-state index in [-0.39, 0.29) is 5.69 Å². The second kappa shape index (κ2) is 6.78. The van der Waals surface area contributed by atoms with E-state index in [0.29, 0.717) is 19.2 Å². The number of esters is 1. The molecule has 0 atom stereocenters. The number of benzene rings is 1. The number of carbonyl (C=O) groups is 1. The quantitative estimate of drug-likeness (QED) is 0.762. The van der Waals surface area contributed by atoms with Crippen LogP contribution in [0.3, 0.4) is 0 Å². The minimum Gasteiger partial charge on any atom is -0.497 e. The molecule has 0 unspecified atom stereocenters. The maximum atomic E-state index is 11.5. The van der Waals surface area contributed by atoms with Crippen LogP contribution in [0.25, 0.3) is 0 Å². The molecule has 2 aromatic rings. The Hall–Kier alpha value is -2.50. The summed E-state index contributed by atoms with van der Waals surface area (Å²) < 4.78 is 15.3. The Labute approximate surface area is 123 Å². The van der Waals surface area contributed by atoms with Gasteiger partial charge in [-0.3, -0.25) is 0 Å². The van der Waals surface area contributed by atoms with Gasteiger partial charge in [0, 0.05) is 13.6 Å². The van der Waals surface area contributed by atoms with E-state index in [4.69, 9.17) is 13.9 Å². The molecule has 0 saturated carbocycles. The zero-order valence-corrected chi connectivity index (χ0v) is 12.3. The first kappa shape index (κ1) is 14.9. The summed E-state index contributed by atoms with van der Waals surface area (Å²) in [5, 5.41) is 0. The van der Waals surface area contributed by atoms with Crippen LogP contribution in [0.15, 0.2) is 34.9 Å². The zero-order valence-electron chi connectivity index (χ0n) is 12.3. The van der Waals surface area contributed by atoms with E-state index in [1.165, 1.54) is 6.26 Å². The normalized spacial score (nSPS) is 10.2. The fourth-order valence-corrected chi connectivity index (χ4v) is 1.81. The van der Waals surface area contributed by atoms with Crippen LogP contribution < -0.4 is 9.64 Å². The van der Waals surface area contributed by atoms with Gasteiger partial charge in [0.05, 0.1) is 13.7 Å². The molecule has 112 valence electrons. The van der Waals surface area contributed by atoms with Gasteiger partial charge in [0.1, 0.15) is 12.0 Å². The predicted molar refractivity (Wildman–Crippen MR) is 77.6 cm³/mol. The van der Waals surface area contributed by atoms with Crippen LogP contribution >= 0.6 is 0 Å². The molecule has 21 heavy (non-hydrogen) atoms. The van der Waals surface area contributed by atoms with Crippen LogP contribution in [0, 0.1) is 0 Å². The maximum Gasteiger partial charge on any atom is 0.360 e. The Balaban J connectivity index is 2.02. The van der Waals surface area contributed by atoms with E-state index in [1.54, 1.807) is 14.0 Å². The lowest BCUT2D eigenvalue weighted by Gasteiger charge is -2.14. The number of aromatic nitrogens is 1. The highest BCUT2D eigenvalue weighted by atomic mass is 16.5. The van der Waals surface area contributed by atoms with Crippen molar-refractivity contribution in [1.29, 1.82) is 0 Å². The average molecular weight is 290 g/mol. The lowest BCUT2D eigenvalue weighted by atomic mass is 10.2. The molecule has 0 bridgehead atoms. The topological polar surface area (TPSA) is 64.8 Å². The van der Waals surface area contributed by atoms with Crippen molar-refractivity contribution in [3.63, 3.8) is 0 Å². The van der Waals surface area contributed by atoms with E-state index in [0.717, 1.165) is 11.3 Å². The predicted octanol–water partition coefficient (Wildman–Crippen LogP) is 2.50. The summed E-state index contributed by atoms with van der Waals surface area (Å²) in [4.78, 5) is 17.5. The molecular formula is C15H18N2O4. The van der Waals surface area contributed by atoms with Crippen LogP contribution in [0.1, 0.15) is 23.0 Å². The molecular weight excluding hydrogens is 272 g/mol. The fraction of sp³-hybridized carbons (Fsp3) is 0.333. The highest BCUT2D eigenvalue weighted by Crippen LogP contribution is 2.17. The van der Waals surface area contributed by atoms with Crippen molar-refractivity contribution in [2.75, 3.05) is 25.7 Å². The van der Waals surface area contributed by atoms with Crippen molar-refractivity contribution in [1.82, 2.24) is 4.98 Å². The van der Waals surface area contributed by atoms with E-state index in [2.05, 4.69) is 4.98 Å². The second-order valence-electron chi connectivity index (χ2n) is 4.44. The van der Waals surface area contributed by atoms with Gasteiger partial charge >= 0.3 is 5.97 Å².